The molecule has 0 unspecified atom stereocenters. The number of aromatic nitrogens is 2. The van der Waals surface area contributed by atoms with Gasteiger partial charge in [0.1, 0.15) is 0 Å². The van der Waals surface area contributed by atoms with Crippen LogP contribution in [0, 0.1) is 26.7 Å². The first-order valence-electron chi connectivity index (χ1n) is 8.10. The smallest absolute Gasteiger partial charge is 0.206 e. The van der Waals surface area contributed by atoms with Crippen molar-refractivity contribution in [2.45, 2.75) is 51.6 Å². The second kappa shape index (κ2) is 8.12. The van der Waals surface area contributed by atoms with E-state index in [4.69, 9.17) is 0 Å². The van der Waals surface area contributed by atoms with Crippen LogP contribution >= 0.6 is 23.1 Å². The predicted octanol–water partition coefficient (Wildman–Crippen LogP) is 5.03. The first-order chi connectivity index (χ1) is 11.3. The third-order valence-electron chi connectivity index (χ3n) is 3.89. The molecule has 0 amide bonds. The number of hydrogen-bond acceptors (Lipinski definition) is 6. The Hall–Kier alpha value is -1.40. The van der Waals surface area contributed by atoms with E-state index in [2.05, 4.69) is 42.4 Å². The summed E-state index contributed by atoms with van der Waals surface area (Å²) in [5.74, 6) is 1.51. The van der Waals surface area contributed by atoms with Crippen LogP contribution in [0.3, 0.4) is 0 Å². The highest BCUT2D eigenvalue weighted by atomic mass is 32.2. The van der Waals surface area contributed by atoms with Gasteiger partial charge in [0.05, 0.1) is 0 Å². The normalized spacial score (nSPS) is 11.1. The Morgan fingerprint density at radius 3 is 2.58 bits per heavy atom. The van der Waals surface area contributed by atoms with Gasteiger partial charge in [0, 0.05) is 17.9 Å². The van der Waals surface area contributed by atoms with E-state index in [1.165, 1.54) is 11.1 Å². The zero-order chi connectivity index (χ0) is 17.9. The van der Waals surface area contributed by atoms with Gasteiger partial charge in [-0.3, -0.25) is 4.79 Å². The van der Waals surface area contributed by atoms with Gasteiger partial charge >= 0.3 is 0 Å². The van der Waals surface area contributed by atoms with Crippen molar-refractivity contribution in [1.82, 2.24) is 10.2 Å². The van der Waals surface area contributed by atoms with Crippen molar-refractivity contribution >= 4 is 34.0 Å². The van der Waals surface area contributed by atoms with E-state index in [1.807, 2.05) is 13.8 Å². The lowest BCUT2D eigenvalue weighted by molar-refractivity contribution is 0.101. The molecular formula is C18H25N3OS2. The van der Waals surface area contributed by atoms with E-state index in [0.29, 0.717) is 5.92 Å². The molecule has 130 valence electrons. The van der Waals surface area contributed by atoms with E-state index in [-0.39, 0.29) is 5.78 Å². The molecule has 0 saturated heterocycles. The van der Waals surface area contributed by atoms with Crippen LogP contribution in [0.2, 0.25) is 0 Å². The third kappa shape index (κ3) is 4.57. The number of Topliss-reactive ketones (excluding diaryl/α,β-unsaturated/α-hetero) is 1. The fourth-order valence-electron chi connectivity index (χ4n) is 2.76. The summed E-state index contributed by atoms with van der Waals surface area (Å²) in [6.07, 6.45) is 0. The highest BCUT2D eigenvalue weighted by Crippen LogP contribution is 2.32. The van der Waals surface area contributed by atoms with Crippen LogP contribution in [0.25, 0.3) is 0 Å². The molecule has 0 aliphatic heterocycles. The van der Waals surface area contributed by atoms with Crippen molar-refractivity contribution in [1.29, 1.82) is 0 Å². The van der Waals surface area contributed by atoms with Gasteiger partial charge in [0.15, 0.2) is 10.1 Å². The Kier molecular flexibility index (Phi) is 6.40. The summed E-state index contributed by atoms with van der Waals surface area (Å²) < 4.78 is 0.949. The van der Waals surface area contributed by atoms with Crippen molar-refractivity contribution in [3.05, 3.63) is 33.9 Å². The number of hydrogen-bond donors (Lipinski definition) is 1. The van der Waals surface area contributed by atoms with Crippen molar-refractivity contribution in [3.8, 4) is 0 Å². The van der Waals surface area contributed by atoms with Crippen molar-refractivity contribution in [3.63, 3.8) is 0 Å². The van der Waals surface area contributed by atoms with E-state index in [9.17, 15) is 4.79 Å². The number of thioether (sulfide) groups is 1. The van der Waals surface area contributed by atoms with Crippen LogP contribution in [-0.4, -0.2) is 22.5 Å². The predicted molar refractivity (Wildman–Crippen MR) is 103 cm³/mol. The van der Waals surface area contributed by atoms with E-state index in [1.54, 1.807) is 30.0 Å². The number of benzene rings is 1. The van der Waals surface area contributed by atoms with Gasteiger partial charge in [-0.1, -0.05) is 43.0 Å². The number of carbonyl (C=O) groups is 1. The molecular weight excluding hydrogens is 338 g/mol. The van der Waals surface area contributed by atoms with Gasteiger partial charge in [0.25, 0.3) is 0 Å². The largest absolute Gasteiger partial charge is 0.360 e. The molecule has 24 heavy (non-hydrogen) atoms. The maximum atomic E-state index is 11.9. The molecule has 1 N–H and O–H groups in total. The average molecular weight is 364 g/mol. The SMILES string of the molecule is CC(=O)c1c(C)cc(C)c(CSc2nnc(NCC(C)C)s2)c1C. The second-order valence-electron chi connectivity index (χ2n) is 6.48. The average Bonchev–Trinajstić information content (AvgIpc) is 2.92. The molecule has 1 heterocycles. The van der Waals surface area contributed by atoms with Crippen LogP contribution in [0.15, 0.2) is 10.4 Å². The monoisotopic (exact) mass is 363 g/mol. The van der Waals surface area contributed by atoms with Crippen LogP contribution in [-0.2, 0) is 5.75 Å². The molecule has 2 aromatic rings. The number of aryl methyl sites for hydroxylation is 2. The lowest BCUT2D eigenvalue weighted by Crippen LogP contribution is -2.07. The topological polar surface area (TPSA) is 54.9 Å². The third-order valence-corrected chi connectivity index (χ3v) is 5.93. The molecule has 1 aromatic carbocycles. The highest BCUT2D eigenvalue weighted by molar-refractivity contribution is 8.00. The maximum absolute atomic E-state index is 11.9. The van der Waals surface area contributed by atoms with Gasteiger partial charge in [-0.15, -0.1) is 10.2 Å². The van der Waals surface area contributed by atoms with Crippen molar-refractivity contribution in [2.75, 3.05) is 11.9 Å². The highest BCUT2D eigenvalue weighted by Gasteiger charge is 2.15. The first-order valence-corrected chi connectivity index (χ1v) is 9.90. The minimum Gasteiger partial charge on any atom is -0.360 e. The lowest BCUT2D eigenvalue weighted by Gasteiger charge is -2.15. The molecule has 0 saturated carbocycles. The standard InChI is InChI=1S/C18H25N3OS2/c1-10(2)8-19-17-20-21-18(24-17)23-9-15-11(3)7-12(4)16(13(15)5)14(6)22/h7,10H,8-9H2,1-6H3,(H,19,20). The van der Waals surface area contributed by atoms with Gasteiger partial charge in [-0.2, -0.15) is 0 Å². The molecule has 0 radical (unpaired) electrons. The van der Waals surface area contributed by atoms with Gasteiger partial charge in [-0.05, 0) is 55.9 Å². The van der Waals surface area contributed by atoms with Gasteiger partial charge < -0.3 is 5.32 Å². The molecule has 0 aliphatic rings. The van der Waals surface area contributed by atoms with Crippen molar-refractivity contribution < 1.29 is 4.79 Å². The van der Waals surface area contributed by atoms with E-state index >= 15 is 0 Å². The molecule has 0 spiro atoms. The summed E-state index contributed by atoms with van der Waals surface area (Å²) in [6, 6.07) is 2.11. The minimum atomic E-state index is 0.132. The molecule has 0 aliphatic carbocycles. The number of carbonyl (C=O) groups excluding carboxylic acids is 1. The Morgan fingerprint density at radius 2 is 1.96 bits per heavy atom. The maximum Gasteiger partial charge on any atom is 0.206 e. The molecule has 6 heteroatoms. The molecule has 1 aromatic heterocycles. The Balaban J connectivity index is 2.12. The molecule has 4 nitrogen and oxygen atoms in total. The summed E-state index contributed by atoms with van der Waals surface area (Å²) in [7, 11) is 0. The van der Waals surface area contributed by atoms with Crippen LogP contribution in [0.5, 0.6) is 0 Å². The number of nitrogens with one attached hydrogen (secondary N) is 1. The van der Waals surface area contributed by atoms with E-state index in [0.717, 1.165) is 38.5 Å². The molecule has 0 fully saturated rings. The Morgan fingerprint density at radius 1 is 1.25 bits per heavy atom. The number of ketones is 1. The zero-order valence-corrected chi connectivity index (χ0v) is 16.8. The van der Waals surface area contributed by atoms with Crippen LogP contribution in [0.4, 0.5) is 5.13 Å². The summed E-state index contributed by atoms with van der Waals surface area (Å²) >= 11 is 3.26. The number of rotatable bonds is 7. The lowest BCUT2D eigenvalue weighted by atomic mass is 9.92. The number of anilines is 1. The van der Waals surface area contributed by atoms with E-state index < -0.39 is 0 Å². The first kappa shape index (κ1) is 18.9. The van der Waals surface area contributed by atoms with Crippen LogP contribution < -0.4 is 5.32 Å². The summed E-state index contributed by atoms with van der Waals surface area (Å²) in [5, 5.41) is 12.6. The van der Waals surface area contributed by atoms with Crippen LogP contribution in [0.1, 0.15) is 53.4 Å². The Labute approximate surface area is 152 Å². The minimum absolute atomic E-state index is 0.132. The molecule has 0 bridgehead atoms. The van der Waals surface area contributed by atoms with Gasteiger partial charge in [-0.25, -0.2) is 0 Å². The number of nitrogens with zero attached hydrogens (tertiary/aromatic N) is 2. The molecule has 0 atom stereocenters. The van der Waals surface area contributed by atoms with Crippen molar-refractivity contribution in [2.24, 2.45) is 5.92 Å². The fraction of sp³-hybridized carbons (Fsp3) is 0.500. The summed E-state index contributed by atoms with van der Waals surface area (Å²) in [5.41, 5.74) is 5.46. The summed E-state index contributed by atoms with van der Waals surface area (Å²) in [4.78, 5) is 11.9. The van der Waals surface area contributed by atoms with Gasteiger partial charge in [0.2, 0.25) is 5.13 Å². The fourth-order valence-corrected chi connectivity index (χ4v) is 4.70. The second-order valence-corrected chi connectivity index (χ2v) is 8.68. The molecule has 2 rings (SSSR count). The Bertz CT molecular complexity index is 738. The quantitative estimate of drug-likeness (QED) is 0.552. The summed E-state index contributed by atoms with van der Waals surface area (Å²) in [6.45, 7) is 13.0. The zero-order valence-electron chi connectivity index (χ0n) is 15.2.